The SMILES string of the molecule is N#Cc1ccc(-n2cc(-c3ccnc4[nH]cnc34)cn2)nc1. The average Bonchev–Trinajstić information content (AvgIpc) is 3.24. The average molecular weight is 287 g/mol. The van der Waals surface area contributed by atoms with Crippen molar-refractivity contribution in [2.75, 3.05) is 0 Å². The summed E-state index contributed by atoms with van der Waals surface area (Å²) in [5.41, 5.74) is 3.93. The van der Waals surface area contributed by atoms with E-state index in [9.17, 15) is 0 Å². The van der Waals surface area contributed by atoms with Crippen LogP contribution in [0.4, 0.5) is 0 Å². The molecule has 0 saturated carbocycles. The summed E-state index contributed by atoms with van der Waals surface area (Å²) in [6.07, 6.45) is 8.50. The number of aromatic nitrogens is 6. The maximum absolute atomic E-state index is 8.80. The Bertz CT molecular complexity index is 989. The molecule has 104 valence electrons. The number of nitriles is 1. The Hall–Kier alpha value is -3.53. The zero-order valence-corrected chi connectivity index (χ0v) is 11.3. The second-order valence-electron chi connectivity index (χ2n) is 4.65. The van der Waals surface area contributed by atoms with E-state index in [0.29, 0.717) is 11.4 Å². The summed E-state index contributed by atoms with van der Waals surface area (Å²) in [4.78, 5) is 15.7. The number of hydrogen-bond donors (Lipinski definition) is 1. The van der Waals surface area contributed by atoms with Gasteiger partial charge in [0, 0.05) is 29.7 Å². The van der Waals surface area contributed by atoms with E-state index in [-0.39, 0.29) is 0 Å². The van der Waals surface area contributed by atoms with Gasteiger partial charge in [-0.3, -0.25) is 0 Å². The van der Waals surface area contributed by atoms with Gasteiger partial charge in [0.2, 0.25) is 0 Å². The summed E-state index contributed by atoms with van der Waals surface area (Å²) in [5, 5.41) is 13.1. The number of H-pyrrole nitrogens is 1. The highest BCUT2D eigenvalue weighted by Gasteiger charge is 2.10. The number of rotatable bonds is 2. The zero-order valence-electron chi connectivity index (χ0n) is 11.3. The molecule has 0 aliphatic rings. The van der Waals surface area contributed by atoms with Crippen LogP contribution < -0.4 is 0 Å². The van der Waals surface area contributed by atoms with Gasteiger partial charge >= 0.3 is 0 Å². The van der Waals surface area contributed by atoms with E-state index in [2.05, 4.69) is 25.0 Å². The largest absolute Gasteiger partial charge is 0.329 e. The lowest BCUT2D eigenvalue weighted by Gasteiger charge is -2.00. The molecule has 0 aliphatic carbocycles. The number of aromatic amines is 1. The second kappa shape index (κ2) is 4.79. The van der Waals surface area contributed by atoms with Crippen LogP contribution >= 0.6 is 0 Å². The fraction of sp³-hybridized carbons (Fsp3) is 0. The lowest BCUT2D eigenvalue weighted by atomic mass is 10.1. The standard InChI is InChI=1S/C15H9N7/c16-5-10-1-2-13(18-6-10)22-8-11(7-21-22)12-3-4-17-15-14(12)19-9-20-15/h1-4,6-9H,(H,17,19,20). The van der Waals surface area contributed by atoms with Crippen molar-refractivity contribution in [1.29, 1.82) is 5.26 Å². The highest BCUT2D eigenvalue weighted by atomic mass is 15.3. The number of hydrogen-bond acceptors (Lipinski definition) is 5. The summed E-state index contributed by atoms with van der Waals surface area (Å²) in [7, 11) is 0. The minimum atomic E-state index is 0.517. The van der Waals surface area contributed by atoms with Gasteiger partial charge in [0.05, 0.1) is 18.1 Å². The predicted octanol–water partition coefficient (Wildman–Crippen LogP) is 2.08. The molecule has 0 fully saturated rings. The molecular weight excluding hydrogens is 278 g/mol. The molecule has 0 radical (unpaired) electrons. The van der Waals surface area contributed by atoms with Crippen LogP contribution in [0.1, 0.15) is 5.56 Å². The van der Waals surface area contributed by atoms with Crippen molar-refractivity contribution in [2.24, 2.45) is 0 Å². The van der Waals surface area contributed by atoms with E-state index >= 15 is 0 Å². The van der Waals surface area contributed by atoms with E-state index in [0.717, 1.165) is 22.3 Å². The van der Waals surface area contributed by atoms with Crippen molar-refractivity contribution >= 4 is 11.2 Å². The maximum atomic E-state index is 8.80. The Morgan fingerprint density at radius 2 is 2.05 bits per heavy atom. The summed E-state index contributed by atoms with van der Waals surface area (Å²) >= 11 is 0. The van der Waals surface area contributed by atoms with Gasteiger partial charge in [-0.05, 0) is 18.2 Å². The van der Waals surface area contributed by atoms with Gasteiger partial charge < -0.3 is 4.98 Å². The highest BCUT2D eigenvalue weighted by molar-refractivity contribution is 5.88. The Labute approximate surface area is 124 Å². The van der Waals surface area contributed by atoms with Gasteiger partial charge in [-0.25, -0.2) is 19.6 Å². The van der Waals surface area contributed by atoms with Gasteiger partial charge in [-0.2, -0.15) is 10.4 Å². The molecule has 7 heteroatoms. The molecule has 7 nitrogen and oxygen atoms in total. The Morgan fingerprint density at radius 1 is 1.09 bits per heavy atom. The molecule has 0 spiro atoms. The molecule has 22 heavy (non-hydrogen) atoms. The summed E-state index contributed by atoms with van der Waals surface area (Å²) < 4.78 is 1.66. The predicted molar refractivity (Wildman–Crippen MR) is 79.0 cm³/mol. The van der Waals surface area contributed by atoms with E-state index in [1.165, 1.54) is 6.20 Å². The molecule has 4 heterocycles. The molecule has 4 aromatic heterocycles. The molecule has 4 rings (SSSR count). The van der Waals surface area contributed by atoms with Gasteiger partial charge in [0.15, 0.2) is 11.5 Å². The molecule has 0 atom stereocenters. The molecule has 0 saturated heterocycles. The van der Waals surface area contributed by atoms with Crippen molar-refractivity contribution < 1.29 is 0 Å². The minimum absolute atomic E-state index is 0.517. The van der Waals surface area contributed by atoms with E-state index in [1.54, 1.807) is 35.5 Å². The van der Waals surface area contributed by atoms with Crippen LogP contribution in [0.3, 0.4) is 0 Å². The monoisotopic (exact) mass is 287 g/mol. The fourth-order valence-electron chi connectivity index (χ4n) is 2.26. The Kier molecular flexibility index (Phi) is 2.66. The quantitative estimate of drug-likeness (QED) is 0.609. The minimum Gasteiger partial charge on any atom is -0.329 e. The molecular formula is C15H9N7. The fourth-order valence-corrected chi connectivity index (χ4v) is 2.26. The first-order valence-electron chi connectivity index (χ1n) is 6.55. The molecule has 4 aromatic rings. The second-order valence-corrected chi connectivity index (χ2v) is 4.65. The van der Waals surface area contributed by atoms with Crippen LogP contribution in [0.15, 0.2) is 49.3 Å². The van der Waals surface area contributed by atoms with Crippen LogP contribution in [0.25, 0.3) is 28.1 Å². The topological polar surface area (TPSA) is 96.1 Å². The number of nitrogens with zero attached hydrogens (tertiary/aromatic N) is 6. The Balaban J connectivity index is 1.78. The van der Waals surface area contributed by atoms with Gasteiger partial charge in [0.1, 0.15) is 11.6 Å². The molecule has 0 unspecified atom stereocenters. The van der Waals surface area contributed by atoms with E-state index < -0.39 is 0 Å². The normalized spacial score (nSPS) is 10.7. The van der Waals surface area contributed by atoms with Crippen LogP contribution in [0.2, 0.25) is 0 Å². The van der Waals surface area contributed by atoms with Gasteiger partial charge in [-0.1, -0.05) is 0 Å². The third kappa shape index (κ3) is 1.91. The van der Waals surface area contributed by atoms with Crippen LogP contribution in [0.5, 0.6) is 0 Å². The van der Waals surface area contributed by atoms with E-state index in [1.807, 2.05) is 18.3 Å². The molecule has 1 N–H and O–H groups in total. The lowest BCUT2D eigenvalue weighted by molar-refractivity contribution is 0.846. The summed E-state index contributed by atoms with van der Waals surface area (Å²) in [6, 6.07) is 7.41. The smallest absolute Gasteiger partial charge is 0.157 e. The van der Waals surface area contributed by atoms with Gasteiger partial charge in [-0.15, -0.1) is 0 Å². The molecule has 0 amide bonds. The van der Waals surface area contributed by atoms with Crippen LogP contribution in [0, 0.1) is 11.3 Å². The third-order valence-electron chi connectivity index (χ3n) is 3.32. The number of nitrogens with one attached hydrogen (secondary N) is 1. The van der Waals surface area contributed by atoms with Crippen molar-refractivity contribution in [2.45, 2.75) is 0 Å². The number of fused-ring (bicyclic) bond motifs is 1. The van der Waals surface area contributed by atoms with Crippen molar-refractivity contribution in [1.82, 2.24) is 29.7 Å². The van der Waals surface area contributed by atoms with Crippen molar-refractivity contribution in [3.63, 3.8) is 0 Å². The Morgan fingerprint density at radius 3 is 2.86 bits per heavy atom. The van der Waals surface area contributed by atoms with E-state index in [4.69, 9.17) is 5.26 Å². The first-order chi connectivity index (χ1) is 10.8. The zero-order chi connectivity index (χ0) is 14.9. The van der Waals surface area contributed by atoms with Gasteiger partial charge in [0.25, 0.3) is 0 Å². The highest BCUT2D eigenvalue weighted by Crippen LogP contribution is 2.25. The maximum Gasteiger partial charge on any atom is 0.157 e. The summed E-state index contributed by atoms with van der Waals surface area (Å²) in [6.45, 7) is 0. The lowest BCUT2D eigenvalue weighted by Crippen LogP contribution is -1.97. The first-order valence-corrected chi connectivity index (χ1v) is 6.55. The van der Waals surface area contributed by atoms with Crippen LogP contribution in [-0.2, 0) is 0 Å². The summed E-state index contributed by atoms with van der Waals surface area (Å²) in [5.74, 6) is 0.651. The molecule has 0 aromatic carbocycles. The number of imidazole rings is 1. The van der Waals surface area contributed by atoms with Crippen molar-refractivity contribution in [3.8, 4) is 23.0 Å². The molecule has 0 aliphatic heterocycles. The van der Waals surface area contributed by atoms with Crippen LogP contribution in [-0.4, -0.2) is 29.7 Å². The third-order valence-corrected chi connectivity index (χ3v) is 3.32. The number of pyridine rings is 2. The first kappa shape index (κ1) is 12.2. The molecule has 0 bridgehead atoms. The van der Waals surface area contributed by atoms with Crippen molar-refractivity contribution in [3.05, 3.63) is 54.9 Å².